The third-order valence-corrected chi connectivity index (χ3v) is 24.6. The number of hydrogen-bond donors (Lipinski definition) is 14. The minimum absolute atomic E-state index is 0.0167. The highest BCUT2D eigenvalue weighted by atomic mass is 32.2. The number of fused-ring (bicyclic) bond motifs is 2. The highest BCUT2D eigenvalue weighted by Crippen LogP contribution is 2.29. The van der Waals surface area contributed by atoms with Crippen molar-refractivity contribution < 1.29 is 87.2 Å². The van der Waals surface area contributed by atoms with Crippen LogP contribution in [0.1, 0.15) is 113 Å². The van der Waals surface area contributed by atoms with Crippen LogP contribution >= 0.6 is 20.6 Å². The van der Waals surface area contributed by atoms with Gasteiger partial charge in [-0.2, -0.15) is 0 Å². The Labute approximate surface area is 774 Å². The van der Waals surface area contributed by atoms with Crippen LogP contribution in [0.3, 0.4) is 0 Å². The van der Waals surface area contributed by atoms with Crippen molar-refractivity contribution in [3.05, 3.63) is 203 Å². The fourth-order valence-corrected chi connectivity index (χ4v) is 17.2. The van der Waals surface area contributed by atoms with Crippen molar-refractivity contribution in [2.24, 2.45) is 23.5 Å². The Morgan fingerprint density at radius 1 is 0.508 bits per heavy atom. The minimum Gasteiger partial charge on any atom is -0.508 e. The highest BCUT2D eigenvalue weighted by molar-refractivity contribution is 8.00. The Balaban J connectivity index is 1.13. The largest absolute Gasteiger partial charge is 0.508 e. The number of likely N-dealkylation sites (N-methyl/N-ethyl adjacent to an activating group) is 4. The van der Waals surface area contributed by atoms with Crippen LogP contribution in [-0.2, 0) is 110 Å². The van der Waals surface area contributed by atoms with E-state index in [0.717, 1.165) is 21.6 Å². The molecule has 2 fully saturated rings. The second-order valence-electron chi connectivity index (χ2n) is 34.7. The van der Waals surface area contributed by atoms with E-state index in [0.29, 0.717) is 57.1 Å². The molecule has 0 radical (unpaired) electrons. The lowest BCUT2D eigenvalue weighted by molar-refractivity contribution is -0.152. The van der Waals surface area contributed by atoms with Crippen molar-refractivity contribution >= 4 is 126 Å². The first-order valence-electron chi connectivity index (χ1n) is 44.3. The summed E-state index contributed by atoms with van der Waals surface area (Å²) in [5.41, 5.74) is 8.78. The van der Waals surface area contributed by atoms with E-state index >= 15 is 52.7 Å². The second kappa shape index (κ2) is 49.3. The van der Waals surface area contributed by atoms with Gasteiger partial charge in [0.1, 0.15) is 84.0 Å². The number of phenols is 2. The van der Waals surface area contributed by atoms with Crippen LogP contribution in [0.25, 0.3) is 10.9 Å². The van der Waals surface area contributed by atoms with Crippen LogP contribution in [0.15, 0.2) is 170 Å². The predicted molar refractivity (Wildman–Crippen MR) is 501 cm³/mol. The van der Waals surface area contributed by atoms with Gasteiger partial charge in [0.2, 0.25) is 88.6 Å². The van der Waals surface area contributed by atoms with E-state index in [2.05, 4.69) is 61.7 Å². The molecule has 15 amide bonds. The van der Waals surface area contributed by atoms with Gasteiger partial charge >= 0.3 is 0 Å². The molecule has 1 aromatic heterocycles. The lowest BCUT2D eigenvalue weighted by atomic mass is 9.98. The molecule has 2 aliphatic heterocycles. The molecule has 0 spiro atoms. The molecule has 0 saturated carbocycles. The quantitative estimate of drug-likeness (QED) is 0.0406. The fraction of sp³-hybridized carbons (Fsp3) is 0.438. The number of primary amides is 1. The highest BCUT2D eigenvalue weighted by Gasteiger charge is 2.46. The molecule has 132 heavy (non-hydrogen) atoms. The zero-order valence-corrected chi connectivity index (χ0v) is 77.9. The zero-order valence-electron chi connectivity index (χ0n) is 76.0. The van der Waals surface area contributed by atoms with E-state index < -0.39 is 198 Å². The predicted octanol–water partition coefficient (Wildman–Crippen LogP) is 3.67. The summed E-state index contributed by atoms with van der Waals surface area (Å²) in [6, 6.07) is 27.1. The van der Waals surface area contributed by atoms with Crippen molar-refractivity contribution in [3.63, 3.8) is 0 Å². The van der Waals surface area contributed by atoms with Crippen molar-refractivity contribution in [2.75, 3.05) is 59.3 Å². The number of aromatic nitrogens is 1. The number of carbonyl (C=O) groups is 15. The SMILES string of the molecule is CCCC[C@H]1C(=O)N2C[C@H](C)C[C@@H]2C(=O)N[C@@H](CC(O)=P)C(=O)N[C@@H](C(C)C)C(=O)N(C)[C@@H](Cc2ccccc2)C(=O)N[C@@H](Cc2ccc(O)cc2)C(=O)N(C)CC(=O)N[C@@H](Cc2c[nH]c3ccccc23)C(=O)N[C@@H](Cc2ccc(O)cc2)C(=O)N[C@@H](CC(C)C)C(=O)N[C@H](C(=O)NCC(N)=O)CSCC(=O)N[C@@H](Cc2ccccc2)C(=O)N(C)[C@@H](Cc2ccccc2)C(=O)N1C. The monoisotopic (exact) mass is 1850 g/mol. The molecular weight excluding hydrogens is 1730 g/mol. The first-order chi connectivity index (χ1) is 62.9. The van der Waals surface area contributed by atoms with E-state index in [1.807, 2.05) is 13.8 Å². The summed E-state index contributed by atoms with van der Waals surface area (Å²) in [6.07, 6.45) is 0.932. The fourth-order valence-electron chi connectivity index (χ4n) is 16.2. The number of thioether (sulfide) groups is 1. The number of benzene rings is 6. The van der Waals surface area contributed by atoms with Crippen molar-refractivity contribution in [1.82, 2.24) is 77.3 Å². The van der Waals surface area contributed by atoms with Gasteiger partial charge in [-0.15, -0.1) is 11.8 Å². The molecule has 0 unspecified atom stereocenters. The molecule has 7 aromatic rings. The van der Waals surface area contributed by atoms with Gasteiger partial charge in [-0.3, -0.25) is 71.9 Å². The Hall–Kier alpha value is -13.0. The number of H-pyrrole nitrogens is 1. The number of phenolic OH excluding ortho intramolecular Hbond substituents is 2. The number of amides is 15. The number of nitrogens with one attached hydrogen (secondary N) is 10. The number of hydrogen-bond acceptors (Lipinski definition) is 18. The van der Waals surface area contributed by atoms with E-state index in [4.69, 9.17) is 5.73 Å². The number of aliphatic hydroxyl groups is 1. The Bertz CT molecular complexity index is 5210. The van der Waals surface area contributed by atoms with E-state index in [1.165, 1.54) is 91.4 Å². The summed E-state index contributed by atoms with van der Waals surface area (Å²) in [5, 5.41) is 57.0. The van der Waals surface area contributed by atoms with Gasteiger partial charge in [0, 0.05) is 103 Å². The lowest BCUT2D eigenvalue weighted by Gasteiger charge is -2.38. The molecule has 706 valence electrons. The van der Waals surface area contributed by atoms with Gasteiger partial charge in [-0.25, -0.2) is 0 Å². The third-order valence-electron chi connectivity index (χ3n) is 23.4. The molecule has 9 rings (SSSR count). The van der Waals surface area contributed by atoms with Crippen LogP contribution in [0.4, 0.5) is 0 Å². The summed E-state index contributed by atoms with van der Waals surface area (Å²) >= 11 is 0.846. The number of carbonyl (C=O) groups excluding carboxylic acids is 15. The summed E-state index contributed by atoms with van der Waals surface area (Å²) in [4.78, 5) is 234. The molecule has 6 aromatic carbocycles. The number of aromatic hydroxyl groups is 2. The molecule has 15 N–H and O–H groups in total. The summed E-state index contributed by atoms with van der Waals surface area (Å²) in [5.74, 6) is -15.2. The van der Waals surface area contributed by atoms with Crippen LogP contribution in [-0.4, -0.2) is 271 Å². The molecule has 2 aliphatic rings. The van der Waals surface area contributed by atoms with E-state index in [9.17, 15) is 34.5 Å². The van der Waals surface area contributed by atoms with Crippen LogP contribution in [0.2, 0.25) is 0 Å². The number of unbranched alkanes of at least 4 members (excludes halogenated alkanes) is 1. The summed E-state index contributed by atoms with van der Waals surface area (Å²) in [6.45, 7) is 9.05. The molecule has 2 saturated heterocycles. The summed E-state index contributed by atoms with van der Waals surface area (Å²) in [7, 11) is 8.58. The first-order valence-corrected chi connectivity index (χ1v) is 45.9. The smallest absolute Gasteiger partial charge is 0.246 e. The second-order valence-corrected chi connectivity index (χ2v) is 36.3. The minimum atomic E-state index is -1.64. The maximum absolute atomic E-state index is 15.8. The Morgan fingerprint density at radius 2 is 0.985 bits per heavy atom. The summed E-state index contributed by atoms with van der Waals surface area (Å²) < 4.78 is 0. The number of para-hydroxylation sites is 1. The van der Waals surface area contributed by atoms with Gasteiger partial charge in [0.15, 0.2) is 0 Å². The van der Waals surface area contributed by atoms with Crippen molar-refractivity contribution in [2.45, 2.75) is 191 Å². The van der Waals surface area contributed by atoms with Gasteiger partial charge in [-0.05, 0) is 101 Å². The maximum Gasteiger partial charge on any atom is 0.246 e. The topological polar surface area (TPSA) is 483 Å². The first kappa shape index (κ1) is 103. The molecule has 0 aliphatic carbocycles. The standard InChI is InChI=1S/C96H123N16O18PS/c1-11-12-32-76-95(129)112-52-58(6)42-78(112)91(125)104-72(49-83(118)131)89(123)107-84(57(4)5)96(130)110(9)77(46-60-26-18-14-19-27-60)90(124)105-73(45-63-35-39-66(114)40-36-63)92(126)108(7)53-81(116)100-71(48-64-50-98-68-31-23-22-30-67(64)68)88(122)103-70(43-62-33-37-65(113)38-34-62)87(121)102-69(41-56(2)3)86(120)106-75(85(119)99-51-80(97)115)54-132-55-82(117)101-74(44-59-24-16-13-17-25-59)93(127)111(10)79(94(128)109(76)8)47-61-28-20-15-21-29-61/h13-31,33-40,50,56-58,69-79,84,98,113-114,118,131H,11-12,32,41-49,51-55H2,1-10H3,(H2,97,115)(H,99,119)(H,100,116)(H,101,117)(H,102,121)(H,103,122)(H,104,125)(H,105,124)(H,106,120)(H,107,123)/t58-,69+,70+,71+,72+,73+,74+,75+,76+,77+,78-,79+,84+/m1/s1. The number of nitrogens with zero attached hydrogens (tertiary/aromatic N) is 5. The average molecular weight is 1850 g/mol. The molecule has 13 atom stereocenters. The van der Waals surface area contributed by atoms with Crippen molar-refractivity contribution in [3.8, 4) is 11.5 Å². The van der Waals surface area contributed by atoms with Gasteiger partial charge < -0.3 is 98.4 Å². The number of aromatic amines is 1. The Morgan fingerprint density at radius 3 is 1.55 bits per heavy atom. The molecule has 0 bridgehead atoms. The average Bonchev–Trinajstić information content (AvgIpc) is 1.21. The van der Waals surface area contributed by atoms with E-state index in [-0.39, 0.29) is 93.4 Å². The normalized spacial score (nSPS) is 23.2. The van der Waals surface area contributed by atoms with Crippen molar-refractivity contribution in [1.29, 1.82) is 0 Å². The van der Waals surface area contributed by atoms with Gasteiger partial charge in [0.05, 0.1) is 24.3 Å². The van der Waals surface area contributed by atoms with Crippen LogP contribution in [0.5, 0.6) is 11.5 Å². The number of nitrogens with two attached hydrogens (primary N) is 1. The molecule has 3 heterocycles. The number of rotatable bonds is 23. The Kier molecular flexibility index (Phi) is 38.4. The van der Waals surface area contributed by atoms with Crippen LogP contribution < -0.4 is 53.6 Å². The molecular formula is C96H123N16O18PS. The zero-order chi connectivity index (χ0) is 96.2. The van der Waals surface area contributed by atoms with E-state index in [1.54, 1.807) is 149 Å². The molecule has 36 heteroatoms. The number of aliphatic hydroxyl groups excluding tert-OH is 1. The lowest BCUT2D eigenvalue weighted by Crippen LogP contribution is -2.61. The molecule has 34 nitrogen and oxygen atoms in total. The van der Waals surface area contributed by atoms with Gasteiger partial charge in [-0.1, -0.05) is 197 Å². The van der Waals surface area contributed by atoms with Gasteiger partial charge in [0.25, 0.3) is 0 Å². The maximum atomic E-state index is 15.8. The van der Waals surface area contributed by atoms with Crippen LogP contribution in [0, 0.1) is 17.8 Å². The third kappa shape index (κ3) is 29.8.